The highest BCUT2D eigenvalue weighted by Crippen LogP contribution is 2.24. The summed E-state index contributed by atoms with van der Waals surface area (Å²) in [6.45, 7) is -0.673. The van der Waals surface area contributed by atoms with E-state index in [0.29, 0.717) is 0 Å². The average Bonchev–Trinajstić information content (AvgIpc) is 2.08. The van der Waals surface area contributed by atoms with Crippen molar-refractivity contribution in [3.05, 3.63) is 0 Å². The molecule has 0 aliphatic carbocycles. The lowest BCUT2D eigenvalue weighted by molar-refractivity contribution is -0.319. The Kier molecular flexibility index (Phi) is 2.88. The Labute approximate surface area is 74.0 Å². The number of hydrogen-bond acceptors (Lipinski definition) is 7. The molecule has 5 atom stereocenters. The molecule has 7 heteroatoms. The summed E-state index contributed by atoms with van der Waals surface area (Å²) in [5, 5.41) is 45.3. The van der Waals surface area contributed by atoms with Crippen molar-refractivity contribution in [2.75, 3.05) is 6.61 Å². The van der Waals surface area contributed by atoms with E-state index in [-0.39, 0.29) is 0 Å². The van der Waals surface area contributed by atoms with Crippen LogP contribution in [0.15, 0.2) is 0 Å². The molecule has 13 heavy (non-hydrogen) atoms. The van der Waals surface area contributed by atoms with Crippen molar-refractivity contribution in [1.29, 1.82) is 0 Å². The fourth-order valence-corrected chi connectivity index (χ4v) is 1.17. The Hall–Kier alpha value is -0.280. The Morgan fingerprint density at radius 2 is 1.85 bits per heavy atom. The molecule has 1 heterocycles. The first-order valence-electron chi connectivity index (χ1n) is 3.73. The SMILES string of the molecule is N[C@]1(O)[C@H](O)[C@@H](O)[C@H](O)O[C@@H]1CO. The minimum Gasteiger partial charge on any atom is -0.393 e. The third-order valence-electron chi connectivity index (χ3n) is 2.07. The highest BCUT2D eigenvalue weighted by atomic mass is 16.6. The number of hydrogen-bond donors (Lipinski definition) is 6. The molecule has 7 N–H and O–H groups in total. The molecule has 1 aliphatic rings. The van der Waals surface area contributed by atoms with Crippen LogP contribution >= 0.6 is 0 Å². The molecule has 0 aromatic heterocycles. The lowest BCUT2D eigenvalue weighted by Gasteiger charge is -2.44. The smallest absolute Gasteiger partial charge is 0.184 e. The monoisotopic (exact) mass is 195 g/mol. The first-order chi connectivity index (χ1) is 5.91. The second-order valence-corrected chi connectivity index (χ2v) is 3.02. The highest BCUT2D eigenvalue weighted by molar-refractivity contribution is 4.97. The Bertz CT molecular complexity index is 182. The molecule has 0 bridgehead atoms. The van der Waals surface area contributed by atoms with Gasteiger partial charge in [0.2, 0.25) is 0 Å². The lowest BCUT2D eigenvalue weighted by atomic mass is 9.93. The Balaban J connectivity index is 2.82. The van der Waals surface area contributed by atoms with E-state index in [4.69, 9.17) is 21.1 Å². The number of nitrogens with two attached hydrogens (primary N) is 1. The molecule has 0 unspecified atom stereocenters. The molecular weight excluding hydrogens is 182 g/mol. The van der Waals surface area contributed by atoms with Gasteiger partial charge in [0.05, 0.1) is 6.61 Å². The van der Waals surface area contributed by atoms with Gasteiger partial charge in [-0.2, -0.15) is 0 Å². The summed E-state index contributed by atoms with van der Waals surface area (Å²) in [5.41, 5.74) is 2.91. The molecule has 0 saturated carbocycles. The highest BCUT2D eigenvalue weighted by Gasteiger charge is 2.51. The van der Waals surface area contributed by atoms with Crippen molar-refractivity contribution in [1.82, 2.24) is 0 Å². The minimum atomic E-state index is -2.27. The number of aliphatic hydroxyl groups is 5. The van der Waals surface area contributed by atoms with Gasteiger partial charge in [0.25, 0.3) is 0 Å². The summed E-state index contributed by atoms with van der Waals surface area (Å²) in [6.07, 6.45) is -6.47. The maximum Gasteiger partial charge on any atom is 0.184 e. The predicted molar refractivity (Wildman–Crippen MR) is 39.1 cm³/mol. The van der Waals surface area contributed by atoms with Gasteiger partial charge in [0, 0.05) is 0 Å². The van der Waals surface area contributed by atoms with Gasteiger partial charge in [-0.3, -0.25) is 5.73 Å². The summed E-state index contributed by atoms with van der Waals surface area (Å²) in [5.74, 6) is 0. The zero-order chi connectivity index (χ0) is 10.2. The van der Waals surface area contributed by atoms with E-state index < -0.39 is 36.9 Å². The summed E-state index contributed by atoms with van der Waals surface area (Å²) in [6, 6.07) is 0. The molecule has 7 nitrogen and oxygen atoms in total. The molecular formula is C6H13NO6. The number of ether oxygens (including phenoxy) is 1. The molecule has 1 saturated heterocycles. The van der Waals surface area contributed by atoms with Crippen molar-refractivity contribution >= 4 is 0 Å². The van der Waals surface area contributed by atoms with Gasteiger partial charge < -0.3 is 30.3 Å². The molecule has 1 fully saturated rings. The Morgan fingerprint density at radius 1 is 1.31 bits per heavy atom. The fraction of sp³-hybridized carbons (Fsp3) is 1.00. The molecule has 0 aromatic carbocycles. The molecule has 0 spiro atoms. The molecule has 1 rings (SSSR count). The van der Waals surface area contributed by atoms with E-state index in [1.807, 2.05) is 0 Å². The molecule has 0 radical (unpaired) electrons. The Morgan fingerprint density at radius 3 is 2.31 bits per heavy atom. The third-order valence-corrected chi connectivity index (χ3v) is 2.07. The van der Waals surface area contributed by atoms with Gasteiger partial charge in [-0.15, -0.1) is 0 Å². The maximum absolute atomic E-state index is 9.36. The number of aliphatic hydroxyl groups excluding tert-OH is 4. The van der Waals surface area contributed by atoms with Gasteiger partial charge in [0.15, 0.2) is 12.0 Å². The van der Waals surface area contributed by atoms with Crippen LogP contribution in [-0.4, -0.2) is 62.5 Å². The van der Waals surface area contributed by atoms with Crippen molar-refractivity contribution in [2.45, 2.75) is 30.3 Å². The first-order valence-corrected chi connectivity index (χ1v) is 3.73. The second kappa shape index (κ2) is 3.46. The lowest BCUT2D eigenvalue weighted by Crippen LogP contribution is -2.71. The molecule has 78 valence electrons. The first kappa shape index (κ1) is 10.8. The zero-order valence-corrected chi connectivity index (χ0v) is 6.74. The van der Waals surface area contributed by atoms with Crippen molar-refractivity contribution in [2.24, 2.45) is 5.73 Å². The van der Waals surface area contributed by atoms with E-state index >= 15 is 0 Å². The van der Waals surface area contributed by atoms with Crippen LogP contribution in [0.4, 0.5) is 0 Å². The van der Waals surface area contributed by atoms with Crippen LogP contribution in [0.25, 0.3) is 0 Å². The standard InChI is InChI=1S/C6H13NO6/c7-6(12)2(1-8)13-5(11)3(9)4(6)10/h2-5,8-12H,1,7H2/t2-,3-,4-,5-,6-/m1/s1. The molecule has 0 aromatic rings. The van der Waals surface area contributed by atoms with Gasteiger partial charge in [-0.25, -0.2) is 0 Å². The van der Waals surface area contributed by atoms with E-state index in [1.54, 1.807) is 0 Å². The van der Waals surface area contributed by atoms with E-state index in [9.17, 15) is 10.2 Å². The third kappa shape index (κ3) is 1.67. The molecule has 0 amide bonds. The summed E-state index contributed by atoms with van der Waals surface area (Å²) in [4.78, 5) is 0. The van der Waals surface area contributed by atoms with Crippen LogP contribution in [0.3, 0.4) is 0 Å². The van der Waals surface area contributed by atoms with Gasteiger partial charge in [0.1, 0.15) is 18.3 Å². The summed E-state index contributed by atoms with van der Waals surface area (Å²) >= 11 is 0. The quantitative estimate of drug-likeness (QED) is 0.235. The van der Waals surface area contributed by atoms with Gasteiger partial charge in [-0.05, 0) is 0 Å². The minimum absolute atomic E-state index is 0.673. The fourth-order valence-electron chi connectivity index (χ4n) is 1.17. The predicted octanol–water partition coefficient (Wildman–Crippen LogP) is -3.93. The van der Waals surface area contributed by atoms with Crippen molar-refractivity contribution in [3.8, 4) is 0 Å². The van der Waals surface area contributed by atoms with Crippen molar-refractivity contribution in [3.63, 3.8) is 0 Å². The topological polar surface area (TPSA) is 136 Å². The van der Waals surface area contributed by atoms with Crippen LogP contribution in [0.1, 0.15) is 0 Å². The van der Waals surface area contributed by atoms with E-state index in [0.717, 1.165) is 0 Å². The van der Waals surface area contributed by atoms with Crippen LogP contribution in [0.5, 0.6) is 0 Å². The van der Waals surface area contributed by atoms with Crippen molar-refractivity contribution < 1.29 is 30.3 Å². The van der Waals surface area contributed by atoms with E-state index in [2.05, 4.69) is 4.74 Å². The maximum atomic E-state index is 9.36. The molecule has 1 aliphatic heterocycles. The van der Waals surface area contributed by atoms with Crippen LogP contribution in [0, 0.1) is 0 Å². The van der Waals surface area contributed by atoms with Crippen LogP contribution < -0.4 is 5.73 Å². The number of rotatable bonds is 1. The van der Waals surface area contributed by atoms with Crippen LogP contribution in [0.2, 0.25) is 0 Å². The van der Waals surface area contributed by atoms with E-state index in [1.165, 1.54) is 0 Å². The average molecular weight is 195 g/mol. The second-order valence-electron chi connectivity index (χ2n) is 3.02. The van der Waals surface area contributed by atoms with Gasteiger partial charge >= 0.3 is 0 Å². The zero-order valence-electron chi connectivity index (χ0n) is 6.74. The largest absolute Gasteiger partial charge is 0.393 e. The van der Waals surface area contributed by atoms with Crippen LogP contribution in [-0.2, 0) is 4.74 Å². The summed E-state index contributed by atoms with van der Waals surface area (Å²) < 4.78 is 4.55. The summed E-state index contributed by atoms with van der Waals surface area (Å²) in [7, 11) is 0. The van der Waals surface area contributed by atoms with Gasteiger partial charge in [-0.1, -0.05) is 0 Å². The normalized spacial score (nSPS) is 52.2.